The van der Waals surface area contributed by atoms with Gasteiger partial charge in [0.1, 0.15) is 11.1 Å². The van der Waals surface area contributed by atoms with Gasteiger partial charge in [0.2, 0.25) is 0 Å². The first-order chi connectivity index (χ1) is 22.8. The Morgan fingerprint density at radius 2 is 0.935 bits per heavy atom. The topological polar surface area (TPSA) is 18.1 Å². The van der Waals surface area contributed by atoms with Crippen molar-refractivity contribution in [3.05, 3.63) is 164 Å². The first kappa shape index (κ1) is 25.2. The molecule has 0 bridgehead atoms. The lowest BCUT2D eigenvalue weighted by atomic mass is 9.85. The van der Waals surface area contributed by atoms with E-state index >= 15 is 0 Å². The van der Waals surface area contributed by atoms with Crippen LogP contribution in [0.5, 0.6) is 0 Å². The second-order valence-corrected chi connectivity index (χ2v) is 12.1. The van der Waals surface area contributed by atoms with Crippen molar-refractivity contribution in [2.45, 2.75) is 0 Å². The van der Waals surface area contributed by atoms with Crippen molar-refractivity contribution in [2.75, 3.05) is 0 Å². The summed E-state index contributed by atoms with van der Waals surface area (Å²) in [6.07, 6.45) is 0. The molecule has 0 radical (unpaired) electrons. The zero-order valence-corrected chi connectivity index (χ0v) is 24.9. The molecule has 214 valence electrons. The van der Waals surface area contributed by atoms with Gasteiger partial charge in [0.05, 0.1) is 5.52 Å². The average molecular weight is 586 g/mol. The summed E-state index contributed by atoms with van der Waals surface area (Å²) in [6.45, 7) is 0. The number of benzene rings is 8. The van der Waals surface area contributed by atoms with Crippen LogP contribution < -0.4 is 0 Å². The first-order valence-electron chi connectivity index (χ1n) is 15.8. The van der Waals surface area contributed by atoms with Crippen molar-refractivity contribution in [2.24, 2.45) is 0 Å². The number of hydrogen-bond donors (Lipinski definition) is 0. The predicted molar refractivity (Wildman–Crippen MR) is 194 cm³/mol. The summed E-state index contributed by atoms with van der Waals surface area (Å²) in [5, 5.41) is 9.72. The highest BCUT2D eigenvalue weighted by atomic mass is 16.3. The third-order valence-corrected chi connectivity index (χ3v) is 9.55. The molecule has 8 aromatic carbocycles. The van der Waals surface area contributed by atoms with Crippen LogP contribution in [-0.2, 0) is 0 Å². The van der Waals surface area contributed by atoms with Gasteiger partial charge in [-0.05, 0) is 97.0 Å². The Bertz CT molecular complexity index is 2740. The molecule has 2 heteroatoms. The average Bonchev–Trinajstić information content (AvgIpc) is 3.65. The van der Waals surface area contributed by atoms with E-state index in [1.165, 1.54) is 54.6 Å². The fourth-order valence-corrected chi connectivity index (χ4v) is 7.57. The van der Waals surface area contributed by atoms with Gasteiger partial charge in [0, 0.05) is 16.5 Å². The number of furan rings is 1. The summed E-state index contributed by atoms with van der Waals surface area (Å²) in [5.74, 6) is 0. The molecule has 0 saturated heterocycles. The van der Waals surface area contributed by atoms with Crippen molar-refractivity contribution in [3.63, 3.8) is 0 Å². The van der Waals surface area contributed by atoms with Gasteiger partial charge in [-0.25, -0.2) is 0 Å². The maximum absolute atomic E-state index is 6.62. The standard InChI is InChI=1S/C44H27NO/c1-2-14-32(15-3-1)45-39-21-11-10-20-37(39)44-43(45)38-27-31(24-25-40(38)46-44)42-35-18-8-6-16-33(35)41(34-17-7-9-19-36(34)42)30-23-22-28-12-4-5-13-29(28)26-30/h1-27H. The van der Waals surface area contributed by atoms with E-state index < -0.39 is 0 Å². The Morgan fingerprint density at radius 3 is 1.63 bits per heavy atom. The van der Waals surface area contributed by atoms with Gasteiger partial charge in [0.25, 0.3) is 0 Å². The lowest BCUT2D eigenvalue weighted by Gasteiger charge is -2.18. The highest BCUT2D eigenvalue weighted by molar-refractivity contribution is 6.23. The van der Waals surface area contributed by atoms with Gasteiger partial charge in [-0.2, -0.15) is 0 Å². The lowest BCUT2D eigenvalue weighted by Crippen LogP contribution is -1.93. The van der Waals surface area contributed by atoms with E-state index in [9.17, 15) is 0 Å². The van der Waals surface area contributed by atoms with Gasteiger partial charge in [-0.15, -0.1) is 0 Å². The fraction of sp³-hybridized carbons (Fsp3) is 0. The molecule has 46 heavy (non-hydrogen) atoms. The molecule has 0 saturated carbocycles. The summed E-state index contributed by atoms with van der Waals surface area (Å²) in [7, 11) is 0. The van der Waals surface area contributed by atoms with Crippen molar-refractivity contribution >= 4 is 65.3 Å². The molecule has 2 nitrogen and oxygen atoms in total. The smallest absolute Gasteiger partial charge is 0.161 e. The maximum atomic E-state index is 6.62. The summed E-state index contributed by atoms with van der Waals surface area (Å²) >= 11 is 0. The second kappa shape index (κ2) is 9.69. The van der Waals surface area contributed by atoms with Gasteiger partial charge in [-0.1, -0.05) is 121 Å². The molecule has 0 unspecified atom stereocenters. The Hall–Kier alpha value is -6.12. The Morgan fingerprint density at radius 1 is 0.391 bits per heavy atom. The highest BCUT2D eigenvalue weighted by Crippen LogP contribution is 2.46. The molecular weight excluding hydrogens is 558 g/mol. The summed E-state index contributed by atoms with van der Waals surface area (Å²) < 4.78 is 8.97. The molecule has 0 aliphatic rings. The third kappa shape index (κ3) is 3.59. The molecule has 10 rings (SSSR count). The molecule has 10 aromatic rings. The van der Waals surface area contributed by atoms with Crippen LogP contribution in [0.3, 0.4) is 0 Å². The van der Waals surface area contributed by atoms with Gasteiger partial charge >= 0.3 is 0 Å². The summed E-state index contributed by atoms with van der Waals surface area (Å²) in [5.41, 5.74) is 10.1. The van der Waals surface area contributed by atoms with E-state index in [4.69, 9.17) is 4.42 Å². The van der Waals surface area contributed by atoms with Gasteiger partial charge in [0.15, 0.2) is 5.58 Å². The Kier molecular flexibility index (Phi) is 5.31. The molecule has 0 atom stereocenters. The SMILES string of the molecule is c1ccc(-n2c3ccccc3c3oc4ccc(-c5c6ccccc6c(-c6ccc7ccccc7c6)c6ccccc56)cc4c32)cc1. The third-order valence-electron chi connectivity index (χ3n) is 9.55. The highest BCUT2D eigenvalue weighted by Gasteiger charge is 2.21. The molecule has 0 amide bonds. The number of nitrogens with zero attached hydrogens (tertiary/aromatic N) is 1. The van der Waals surface area contributed by atoms with Crippen molar-refractivity contribution in [1.29, 1.82) is 0 Å². The summed E-state index contributed by atoms with van der Waals surface area (Å²) in [6, 6.07) is 59.0. The molecule has 0 N–H and O–H groups in total. The lowest BCUT2D eigenvalue weighted by molar-refractivity contribution is 0.673. The zero-order chi connectivity index (χ0) is 30.2. The first-order valence-corrected chi connectivity index (χ1v) is 15.8. The van der Waals surface area contributed by atoms with Crippen LogP contribution in [-0.4, -0.2) is 4.57 Å². The fourth-order valence-electron chi connectivity index (χ4n) is 7.57. The maximum Gasteiger partial charge on any atom is 0.161 e. The van der Waals surface area contributed by atoms with Gasteiger partial charge in [-0.3, -0.25) is 0 Å². The normalized spacial score (nSPS) is 11.9. The number of para-hydroxylation sites is 2. The van der Waals surface area contributed by atoms with Crippen LogP contribution in [0.25, 0.3) is 93.2 Å². The Balaban J connectivity index is 1.30. The molecule has 2 heterocycles. The van der Waals surface area contributed by atoms with Crippen LogP contribution in [0.4, 0.5) is 0 Å². The van der Waals surface area contributed by atoms with Crippen LogP contribution in [0.15, 0.2) is 168 Å². The van der Waals surface area contributed by atoms with E-state index in [1.807, 2.05) is 0 Å². The molecule has 2 aromatic heterocycles. The number of aromatic nitrogens is 1. The quantitative estimate of drug-likeness (QED) is 0.189. The number of fused-ring (bicyclic) bond motifs is 8. The predicted octanol–water partition coefficient (Wildman–Crippen LogP) is 12.3. The van der Waals surface area contributed by atoms with Gasteiger partial charge < -0.3 is 8.98 Å². The summed E-state index contributed by atoms with van der Waals surface area (Å²) in [4.78, 5) is 0. The number of hydrogen-bond acceptors (Lipinski definition) is 1. The van der Waals surface area contributed by atoms with Crippen LogP contribution in [0.1, 0.15) is 0 Å². The minimum Gasteiger partial charge on any atom is -0.454 e. The molecule has 0 aliphatic carbocycles. The van der Waals surface area contributed by atoms with Crippen molar-refractivity contribution in [1.82, 2.24) is 4.57 Å². The minimum atomic E-state index is 0.894. The zero-order valence-electron chi connectivity index (χ0n) is 24.9. The molecule has 0 fully saturated rings. The minimum absolute atomic E-state index is 0.894. The van der Waals surface area contributed by atoms with Crippen LogP contribution in [0.2, 0.25) is 0 Å². The van der Waals surface area contributed by atoms with Crippen molar-refractivity contribution in [3.8, 4) is 27.9 Å². The number of rotatable bonds is 3. The monoisotopic (exact) mass is 585 g/mol. The van der Waals surface area contributed by atoms with E-state index in [0.29, 0.717) is 0 Å². The molecule has 0 spiro atoms. The molecular formula is C44H27NO. The van der Waals surface area contributed by atoms with Crippen molar-refractivity contribution < 1.29 is 4.42 Å². The second-order valence-electron chi connectivity index (χ2n) is 12.1. The van der Waals surface area contributed by atoms with E-state index in [-0.39, 0.29) is 0 Å². The van der Waals surface area contributed by atoms with Crippen LogP contribution in [0, 0.1) is 0 Å². The Labute approximate surface area is 265 Å². The largest absolute Gasteiger partial charge is 0.454 e. The molecule has 0 aliphatic heterocycles. The van der Waals surface area contributed by atoms with E-state index in [2.05, 4.69) is 168 Å². The van der Waals surface area contributed by atoms with E-state index in [0.717, 1.165) is 38.7 Å². The van der Waals surface area contributed by atoms with Crippen LogP contribution >= 0.6 is 0 Å². The van der Waals surface area contributed by atoms with E-state index in [1.54, 1.807) is 0 Å².